The first-order chi connectivity index (χ1) is 13.9. The van der Waals surface area contributed by atoms with Crippen LogP contribution in [-0.4, -0.2) is 46.0 Å². The van der Waals surface area contributed by atoms with Gasteiger partial charge in [0.15, 0.2) is 0 Å². The van der Waals surface area contributed by atoms with Crippen molar-refractivity contribution in [2.45, 2.75) is 36.6 Å². The average Bonchev–Trinajstić information content (AvgIpc) is 3.40. The van der Waals surface area contributed by atoms with Crippen molar-refractivity contribution in [3.05, 3.63) is 39.4 Å². The SMILES string of the molecule is CNS(=O)(=O)c1ccc(CNC(=O)NC[C@H](c2cccs2)N2CCC(C)CC2)s1. The van der Waals surface area contributed by atoms with Crippen LogP contribution in [0.3, 0.4) is 0 Å². The van der Waals surface area contributed by atoms with Gasteiger partial charge >= 0.3 is 6.03 Å². The van der Waals surface area contributed by atoms with E-state index in [-0.39, 0.29) is 16.3 Å². The molecule has 3 heterocycles. The number of thiophene rings is 2. The van der Waals surface area contributed by atoms with Crippen LogP contribution in [0, 0.1) is 5.92 Å². The lowest BCUT2D eigenvalue weighted by Crippen LogP contribution is -2.44. The topological polar surface area (TPSA) is 90.5 Å². The molecule has 0 saturated carbocycles. The van der Waals surface area contributed by atoms with E-state index < -0.39 is 10.0 Å². The van der Waals surface area contributed by atoms with Gasteiger partial charge in [0.2, 0.25) is 10.0 Å². The molecule has 1 fully saturated rings. The van der Waals surface area contributed by atoms with Crippen molar-refractivity contribution in [1.29, 1.82) is 0 Å². The lowest BCUT2D eigenvalue weighted by molar-refractivity contribution is 0.138. The van der Waals surface area contributed by atoms with Crippen molar-refractivity contribution in [3.63, 3.8) is 0 Å². The van der Waals surface area contributed by atoms with Crippen LogP contribution in [-0.2, 0) is 16.6 Å². The van der Waals surface area contributed by atoms with Gasteiger partial charge in [-0.2, -0.15) is 0 Å². The monoisotopic (exact) mass is 456 g/mol. The summed E-state index contributed by atoms with van der Waals surface area (Å²) in [6.45, 7) is 5.22. The standard InChI is InChI=1S/C19H28N4O3S3/c1-14-7-9-23(10-8-14)16(17-4-3-11-27-17)13-22-19(24)21-12-15-5-6-18(28-15)29(25,26)20-2/h3-6,11,14,16,20H,7-10,12-13H2,1-2H3,(H2,21,22,24)/t16-/m1/s1. The van der Waals surface area contributed by atoms with Crippen LogP contribution in [0.5, 0.6) is 0 Å². The molecule has 10 heteroatoms. The van der Waals surface area contributed by atoms with Crippen LogP contribution < -0.4 is 15.4 Å². The van der Waals surface area contributed by atoms with Crippen LogP contribution in [0.25, 0.3) is 0 Å². The van der Waals surface area contributed by atoms with Crippen molar-refractivity contribution >= 4 is 38.7 Å². The Morgan fingerprint density at radius 1 is 1.24 bits per heavy atom. The highest BCUT2D eigenvalue weighted by molar-refractivity contribution is 7.91. The van der Waals surface area contributed by atoms with Gasteiger partial charge in [0.05, 0.1) is 12.6 Å². The zero-order chi connectivity index (χ0) is 20.9. The molecule has 2 aromatic rings. The fourth-order valence-corrected chi connectivity index (χ4v) is 6.34. The zero-order valence-electron chi connectivity index (χ0n) is 16.7. The Morgan fingerprint density at radius 2 is 2.00 bits per heavy atom. The molecule has 1 saturated heterocycles. The molecule has 0 spiro atoms. The third-order valence-corrected chi connectivity index (χ3v) is 9.15. The smallest absolute Gasteiger partial charge is 0.315 e. The first-order valence-electron chi connectivity index (χ1n) is 9.70. The fraction of sp³-hybridized carbons (Fsp3) is 0.526. The predicted molar refractivity (Wildman–Crippen MR) is 118 cm³/mol. The van der Waals surface area contributed by atoms with Crippen molar-refractivity contribution in [2.24, 2.45) is 5.92 Å². The minimum Gasteiger partial charge on any atom is -0.336 e. The van der Waals surface area contributed by atoms with E-state index in [0.717, 1.165) is 35.2 Å². The molecule has 7 nitrogen and oxygen atoms in total. The average molecular weight is 457 g/mol. The number of likely N-dealkylation sites (tertiary alicyclic amines) is 1. The predicted octanol–water partition coefficient (Wildman–Crippen LogP) is 2.99. The van der Waals surface area contributed by atoms with E-state index in [4.69, 9.17) is 0 Å². The lowest BCUT2D eigenvalue weighted by atomic mass is 9.97. The number of carbonyl (C=O) groups excluding carboxylic acids is 1. The Kier molecular flexibility index (Phi) is 7.69. The third kappa shape index (κ3) is 6.02. The van der Waals surface area contributed by atoms with Crippen molar-refractivity contribution in [3.8, 4) is 0 Å². The maximum atomic E-state index is 12.3. The fourth-order valence-electron chi connectivity index (χ4n) is 3.35. The van der Waals surface area contributed by atoms with Gasteiger partial charge in [-0.3, -0.25) is 4.90 Å². The molecule has 0 bridgehead atoms. The van der Waals surface area contributed by atoms with E-state index in [1.54, 1.807) is 23.5 Å². The van der Waals surface area contributed by atoms with Crippen molar-refractivity contribution in [1.82, 2.24) is 20.3 Å². The Labute approximate surface area is 180 Å². The Hall–Kier alpha value is -1.46. The summed E-state index contributed by atoms with van der Waals surface area (Å²) in [6.07, 6.45) is 2.37. The number of nitrogens with one attached hydrogen (secondary N) is 3. The maximum Gasteiger partial charge on any atom is 0.315 e. The first-order valence-corrected chi connectivity index (χ1v) is 12.9. The summed E-state index contributed by atoms with van der Waals surface area (Å²) in [5.41, 5.74) is 0. The molecule has 160 valence electrons. The van der Waals surface area contributed by atoms with Gasteiger partial charge < -0.3 is 10.6 Å². The molecule has 29 heavy (non-hydrogen) atoms. The Bertz CT molecular complexity index is 888. The van der Waals surface area contributed by atoms with Gasteiger partial charge in [0, 0.05) is 16.3 Å². The summed E-state index contributed by atoms with van der Waals surface area (Å²) in [7, 11) is -2.06. The van der Waals surface area contributed by atoms with Crippen LogP contribution in [0.4, 0.5) is 4.79 Å². The molecule has 3 N–H and O–H groups in total. The molecule has 0 aromatic carbocycles. The summed E-state index contributed by atoms with van der Waals surface area (Å²) in [5, 5.41) is 7.88. The number of urea groups is 1. The van der Waals surface area contributed by atoms with Crippen LogP contribution >= 0.6 is 22.7 Å². The van der Waals surface area contributed by atoms with Crippen molar-refractivity contribution < 1.29 is 13.2 Å². The van der Waals surface area contributed by atoms with Gasteiger partial charge in [-0.15, -0.1) is 22.7 Å². The number of hydrogen-bond acceptors (Lipinski definition) is 6. The highest BCUT2D eigenvalue weighted by atomic mass is 32.2. The summed E-state index contributed by atoms with van der Waals surface area (Å²) in [6, 6.07) is 7.38. The Morgan fingerprint density at radius 3 is 2.66 bits per heavy atom. The number of nitrogens with zero attached hydrogens (tertiary/aromatic N) is 1. The second-order valence-corrected chi connectivity index (χ2v) is 11.5. The van der Waals surface area contributed by atoms with Crippen LogP contribution in [0.2, 0.25) is 0 Å². The molecule has 3 rings (SSSR count). The lowest BCUT2D eigenvalue weighted by Gasteiger charge is -2.36. The molecule has 1 atom stereocenters. The Balaban J connectivity index is 1.52. The summed E-state index contributed by atoms with van der Waals surface area (Å²) in [5.74, 6) is 0.758. The van der Waals surface area contributed by atoms with Crippen LogP contribution in [0.1, 0.15) is 35.6 Å². The summed E-state index contributed by atoms with van der Waals surface area (Å²) >= 11 is 2.87. The van der Waals surface area contributed by atoms with E-state index in [2.05, 4.69) is 38.6 Å². The number of hydrogen-bond donors (Lipinski definition) is 3. The molecule has 2 amide bonds. The molecule has 2 aromatic heterocycles. The normalized spacial score (nSPS) is 17.2. The minimum atomic E-state index is -3.44. The summed E-state index contributed by atoms with van der Waals surface area (Å²) < 4.78 is 26.2. The van der Waals surface area contributed by atoms with E-state index in [0.29, 0.717) is 13.1 Å². The molecule has 1 aliphatic rings. The van der Waals surface area contributed by atoms with Gasteiger partial charge in [0.1, 0.15) is 4.21 Å². The second-order valence-electron chi connectivity index (χ2n) is 7.24. The molecular formula is C19H28N4O3S3. The molecule has 0 unspecified atom stereocenters. The van der Waals surface area contributed by atoms with E-state index in [9.17, 15) is 13.2 Å². The highest BCUT2D eigenvalue weighted by Gasteiger charge is 2.25. The van der Waals surface area contributed by atoms with Gasteiger partial charge in [-0.05, 0) is 62.5 Å². The van der Waals surface area contributed by atoms with E-state index in [1.807, 2.05) is 6.07 Å². The third-order valence-electron chi connectivity index (χ3n) is 5.18. The van der Waals surface area contributed by atoms with Gasteiger partial charge in [0.25, 0.3) is 0 Å². The molecule has 0 radical (unpaired) electrons. The number of rotatable bonds is 8. The van der Waals surface area contributed by atoms with Crippen molar-refractivity contribution in [2.75, 3.05) is 26.7 Å². The number of piperidine rings is 1. The summed E-state index contributed by atoms with van der Waals surface area (Å²) in [4.78, 5) is 16.8. The largest absolute Gasteiger partial charge is 0.336 e. The second kappa shape index (κ2) is 10.0. The number of sulfonamides is 1. The zero-order valence-corrected chi connectivity index (χ0v) is 19.1. The number of amides is 2. The molecule has 0 aliphatic carbocycles. The van der Waals surface area contributed by atoms with Gasteiger partial charge in [-0.1, -0.05) is 13.0 Å². The van der Waals surface area contributed by atoms with Gasteiger partial charge in [-0.25, -0.2) is 17.9 Å². The first kappa shape index (κ1) is 22.2. The van der Waals surface area contributed by atoms with E-state index >= 15 is 0 Å². The number of carbonyl (C=O) groups is 1. The highest BCUT2D eigenvalue weighted by Crippen LogP contribution is 2.29. The van der Waals surface area contributed by atoms with Crippen LogP contribution in [0.15, 0.2) is 33.9 Å². The molecule has 1 aliphatic heterocycles. The maximum absolute atomic E-state index is 12.3. The molecular weight excluding hydrogens is 428 g/mol. The quantitative estimate of drug-likeness (QED) is 0.570. The van der Waals surface area contributed by atoms with E-state index in [1.165, 1.54) is 24.8 Å². The minimum absolute atomic E-state index is 0.183.